The molecule has 0 aliphatic carbocycles. The molecular weight excluding hydrogens is 128 g/mol. The minimum absolute atomic E-state index is 0. The molecule has 0 radical (unpaired) electrons. The highest BCUT2D eigenvalue weighted by Crippen LogP contribution is 1.71. The number of carbonyl (C=O) groups is 1. The van der Waals surface area contributed by atoms with Crippen molar-refractivity contribution in [3.63, 3.8) is 0 Å². The van der Waals surface area contributed by atoms with Gasteiger partial charge in [-0.2, -0.15) is 0 Å². The molecule has 3 nitrogen and oxygen atoms in total. The topological polar surface area (TPSA) is 55.1 Å². The zero-order valence-corrected chi connectivity index (χ0v) is 5.79. The van der Waals surface area contributed by atoms with Crippen LogP contribution >= 0.6 is 12.4 Å². The van der Waals surface area contributed by atoms with Gasteiger partial charge in [-0.1, -0.05) is 0 Å². The highest BCUT2D eigenvalue weighted by molar-refractivity contribution is 5.85. The number of rotatable bonds is 2. The Morgan fingerprint density at radius 2 is 2.12 bits per heavy atom. The van der Waals surface area contributed by atoms with E-state index >= 15 is 0 Å². The number of halogens is 1. The molecule has 0 fully saturated rings. The van der Waals surface area contributed by atoms with Crippen molar-refractivity contribution < 1.29 is 4.79 Å². The molecule has 0 heterocycles. The molecule has 50 valence electrons. The number of amides is 1. The van der Waals surface area contributed by atoms with Gasteiger partial charge >= 0.3 is 0 Å². The molecule has 0 aliphatic rings. The van der Waals surface area contributed by atoms with E-state index in [2.05, 4.69) is 5.32 Å². The van der Waals surface area contributed by atoms with Gasteiger partial charge in [0, 0.05) is 0 Å². The monoisotopic (exact) mass is 138 g/mol. The second-order valence-corrected chi connectivity index (χ2v) is 1.41. The van der Waals surface area contributed by atoms with Gasteiger partial charge in [0.2, 0.25) is 5.91 Å². The fraction of sp³-hybridized carbons (Fsp3) is 0.750. The summed E-state index contributed by atoms with van der Waals surface area (Å²) in [6, 6.07) is -0.208. The lowest BCUT2D eigenvalue weighted by atomic mass is 10.3. The minimum atomic E-state index is -0.317. The van der Waals surface area contributed by atoms with E-state index in [1.165, 1.54) is 0 Å². The van der Waals surface area contributed by atoms with Crippen LogP contribution in [0.15, 0.2) is 0 Å². The summed E-state index contributed by atoms with van der Waals surface area (Å²) in [5.74, 6) is -0.317. The van der Waals surface area contributed by atoms with Crippen molar-refractivity contribution in [1.82, 2.24) is 5.32 Å². The summed E-state index contributed by atoms with van der Waals surface area (Å²) in [7, 11) is 1.69. The van der Waals surface area contributed by atoms with Gasteiger partial charge < -0.3 is 11.1 Å². The van der Waals surface area contributed by atoms with Crippen molar-refractivity contribution in [2.45, 2.75) is 13.0 Å². The van der Waals surface area contributed by atoms with Crippen LogP contribution < -0.4 is 11.1 Å². The molecule has 0 saturated carbocycles. The summed E-state index contributed by atoms with van der Waals surface area (Å²) in [6.07, 6.45) is 0. The lowest BCUT2D eigenvalue weighted by Gasteiger charge is -2.01. The van der Waals surface area contributed by atoms with E-state index in [1.54, 1.807) is 14.0 Å². The normalized spacial score (nSPS) is 11.8. The van der Waals surface area contributed by atoms with E-state index in [0.29, 0.717) is 0 Å². The Hall–Kier alpha value is -0.280. The quantitative estimate of drug-likeness (QED) is 0.541. The maximum absolute atomic E-state index is 10.1. The fourth-order valence-electron chi connectivity index (χ4n) is 0.142. The maximum atomic E-state index is 10.1. The zero-order valence-electron chi connectivity index (χ0n) is 4.97. The first-order valence-electron chi connectivity index (χ1n) is 2.15. The maximum Gasteiger partial charge on any atom is 0.234 e. The Morgan fingerprint density at radius 1 is 1.75 bits per heavy atom. The Bertz CT molecular complexity index is 76.4. The summed E-state index contributed by atoms with van der Waals surface area (Å²) in [6.45, 7) is 1.71. The van der Waals surface area contributed by atoms with Crippen molar-refractivity contribution >= 4 is 18.3 Å². The van der Waals surface area contributed by atoms with Crippen molar-refractivity contribution in [1.29, 1.82) is 0 Å². The summed E-state index contributed by atoms with van der Waals surface area (Å²) in [5.41, 5.74) is 4.85. The van der Waals surface area contributed by atoms with Crippen LogP contribution in [0.1, 0.15) is 6.92 Å². The number of likely N-dealkylation sites (N-methyl/N-ethyl adjacent to an activating group) is 1. The SMILES string of the molecule is CN[C@@H](C)C(N)=O.Cl. The molecule has 0 bridgehead atoms. The first kappa shape index (κ1) is 10.7. The van der Waals surface area contributed by atoms with Crippen LogP contribution in [-0.2, 0) is 4.79 Å². The van der Waals surface area contributed by atoms with Crippen LogP contribution in [0.4, 0.5) is 0 Å². The molecular formula is C4H11ClN2O. The molecule has 0 rings (SSSR count). The molecule has 0 aromatic heterocycles. The van der Waals surface area contributed by atoms with E-state index < -0.39 is 0 Å². The molecule has 3 N–H and O–H groups in total. The molecule has 0 aliphatic heterocycles. The second kappa shape index (κ2) is 4.87. The predicted molar refractivity (Wildman–Crippen MR) is 35.0 cm³/mol. The van der Waals surface area contributed by atoms with E-state index in [4.69, 9.17) is 5.73 Å². The summed E-state index contributed by atoms with van der Waals surface area (Å²) in [4.78, 5) is 10.1. The van der Waals surface area contributed by atoms with Crippen LogP contribution in [0.25, 0.3) is 0 Å². The Balaban J connectivity index is 0. The van der Waals surface area contributed by atoms with Gasteiger partial charge in [0.15, 0.2) is 0 Å². The van der Waals surface area contributed by atoms with Crippen molar-refractivity contribution in [2.24, 2.45) is 5.73 Å². The molecule has 0 aromatic rings. The number of primary amides is 1. The summed E-state index contributed by atoms with van der Waals surface area (Å²) < 4.78 is 0. The van der Waals surface area contributed by atoms with Gasteiger partial charge in [-0.3, -0.25) is 4.79 Å². The molecule has 4 heteroatoms. The van der Waals surface area contributed by atoms with Gasteiger partial charge in [-0.25, -0.2) is 0 Å². The second-order valence-electron chi connectivity index (χ2n) is 1.41. The summed E-state index contributed by atoms with van der Waals surface area (Å²) in [5, 5.41) is 2.69. The van der Waals surface area contributed by atoms with E-state index in [0.717, 1.165) is 0 Å². The molecule has 1 amide bonds. The number of carbonyl (C=O) groups excluding carboxylic acids is 1. The Labute approximate surface area is 55.0 Å². The third-order valence-electron chi connectivity index (χ3n) is 0.860. The fourth-order valence-corrected chi connectivity index (χ4v) is 0.142. The number of nitrogens with two attached hydrogens (primary N) is 1. The van der Waals surface area contributed by atoms with Crippen LogP contribution in [-0.4, -0.2) is 19.0 Å². The van der Waals surface area contributed by atoms with E-state index in [-0.39, 0.29) is 24.4 Å². The van der Waals surface area contributed by atoms with Gasteiger partial charge in [0.05, 0.1) is 6.04 Å². The van der Waals surface area contributed by atoms with Gasteiger partial charge in [-0.05, 0) is 14.0 Å². The van der Waals surface area contributed by atoms with Crippen molar-refractivity contribution in [3.8, 4) is 0 Å². The highest BCUT2D eigenvalue weighted by Gasteiger charge is 2.01. The lowest BCUT2D eigenvalue weighted by Crippen LogP contribution is -2.36. The van der Waals surface area contributed by atoms with Gasteiger partial charge in [0.25, 0.3) is 0 Å². The third-order valence-corrected chi connectivity index (χ3v) is 0.860. The average molecular weight is 139 g/mol. The Kier molecular flexibility index (Phi) is 6.48. The number of hydrogen-bond acceptors (Lipinski definition) is 2. The molecule has 0 saturated heterocycles. The average Bonchev–Trinajstić information content (AvgIpc) is 1.65. The lowest BCUT2D eigenvalue weighted by molar-refractivity contribution is -0.119. The summed E-state index contributed by atoms with van der Waals surface area (Å²) >= 11 is 0. The van der Waals surface area contributed by atoms with Crippen LogP contribution in [0.5, 0.6) is 0 Å². The molecule has 1 atom stereocenters. The van der Waals surface area contributed by atoms with Crippen LogP contribution in [0.2, 0.25) is 0 Å². The van der Waals surface area contributed by atoms with E-state index in [9.17, 15) is 4.79 Å². The first-order chi connectivity index (χ1) is 3.18. The van der Waals surface area contributed by atoms with Crippen LogP contribution in [0.3, 0.4) is 0 Å². The zero-order chi connectivity index (χ0) is 5.86. The predicted octanol–water partition coefficient (Wildman–Crippen LogP) is -0.499. The van der Waals surface area contributed by atoms with Crippen LogP contribution in [0, 0.1) is 0 Å². The largest absolute Gasteiger partial charge is 0.368 e. The molecule has 0 aromatic carbocycles. The highest BCUT2D eigenvalue weighted by atomic mass is 35.5. The standard InChI is InChI=1S/C4H10N2O.ClH/c1-3(6-2)4(5)7;/h3,6H,1-2H3,(H2,5,7);1H/t3-;/m0./s1. The third kappa shape index (κ3) is 3.89. The van der Waals surface area contributed by atoms with Gasteiger partial charge in [-0.15, -0.1) is 12.4 Å². The number of hydrogen-bond donors (Lipinski definition) is 2. The molecule has 8 heavy (non-hydrogen) atoms. The van der Waals surface area contributed by atoms with Crippen molar-refractivity contribution in [3.05, 3.63) is 0 Å². The van der Waals surface area contributed by atoms with Gasteiger partial charge in [0.1, 0.15) is 0 Å². The minimum Gasteiger partial charge on any atom is -0.368 e. The first-order valence-corrected chi connectivity index (χ1v) is 2.15. The smallest absolute Gasteiger partial charge is 0.234 e. The number of nitrogens with one attached hydrogen (secondary N) is 1. The van der Waals surface area contributed by atoms with E-state index in [1.807, 2.05) is 0 Å². The van der Waals surface area contributed by atoms with Crippen molar-refractivity contribution in [2.75, 3.05) is 7.05 Å². The molecule has 0 unspecified atom stereocenters. The molecule has 0 spiro atoms. The Morgan fingerprint density at radius 3 is 2.12 bits per heavy atom.